The molecule has 9 heteroatoms. The van der Waals surface area contributed by atoms with Gasteiger partial charge in [0.05, 0.1) is 12.3 Å². The first-order valence-electron chi connectivity index (χ1n) is 12.6. The maximum absolute atomic E-state index is 12.6. The van der Waals surface area contributed by atoms with Crippen molar-refractivity contribution in [3.8, 4) is 6.07 Å². The van der Waals surface area contributed by atoms with Gasteiger partial charge in [-0.3, -0.25) is 4.79 Å². The summed E-state index contributed by atoms with van der Waals surface area (Å²) in [5.41, 5.74) is 2.97. The van der Waals surface area contributed by atoms with Crippen molar-refractivity contribution in [1.82, 2.24) is 20.2 Å². The standard InChI is InChI=1S/C26H30N8O/c27-12-5-18-6-13-34(14-7-18)25-30-21-17-28-32-24(35)22(21)23(31-25)29-19-1-3-20(4-2-19)33-15-10-26(8-9-26)11-16-33/h1-4,17-18H,5-11,13-16H2,(H,32,35)(H,29,30,31). The molecule has 4 heterocycles. The quantitative estimate of drug-likeness (QED) is 0.576. The maximum atomic E-state index is 12.6. The van der Waals surface area contributed by atoms with Crippen molar-refractivity contribution in [2.24, 2.45) is 11.3 Å². The van der Waals surface area contributed by atoms with Crippen LogP contribution in [0.3, 0.4) is 0 Å². The van der Waals surface area contributed by atoms with E-state index in [0.717, 1.165) is 44.7 Å². The second-order valence-electron chi connectivity index (χ2n) is 10.3. The summed E-state index contributed by atoms with van der Waals surface area (Å²) >= 11 is 0. The van der Waals surface area contributed by atoms with Crippen molar-refractivity contribution in [2.75, 3.05) is 41.3 Å². The number of hydrogen-bond donors (Lipinski definition) is 2. The second kappa shape index (κ2) is 8.84. The molecular weight excluding hydrogens is 440 g/mol. The lowest BCUT2D eigenvalue weighted by molar-refractivity contribution is 0.384. The Hall–Kier alpha value is -3.67. The van der Waals surface area contributed by atoms with E-state index in [1.807, 2.05) is 12.1 Å². The normalized spacial score (nSPS) is 19.6. The number of anilines is 4. The molecule has 0 amide bonds. The maximum Gasteiger partial charge on any atom is 0.277 e. The summed E-state index contributed by atoms with van der Waals surface area (Å²) in [6, 6.07) is 10.7. The summed E-state index contributed by atoms with van der Waals surface area (Å²) in [5, 5.41) is 19.2. The Morgan fingerprint density at radius 3 is 2.46 bits per heavy atom. The van der Waals surface area contributed by atoms with Gasteiger partial charge in [-0.15, -0.1) is 0 Å². The van der Waals surface area contributed by atoms with E-state index >= 15 is 0 Å². The first kappa shape index (κ1) is 21.8. The lowest BCUT2D eigenvalue weighted by atomic mass is 9.93. The molecule has 1 aromatic carbocycles. The Balaban J connectivity index is 1.24. The lowest BCUT2D eigenvalue weighted by Crippen LogP contribution is -2.35. The minimum absolute atomic E-state index is 0.316. The fourth-order valence-corrected chi connectivity index (χ4v) is 5.50. The largest absolute Gasteiger partial charge is 0.371 e. The number of H-pyrrole nitrogens is 1. The zero-order valence-corrected chi connectivity index (χ0v) is 19.8. The third kappa shape index (κ3) is 4.41. The first-order chi connectivity index (χ1) is 17.1. The van der Waals surface area contributed by atoms with Crippen molar-refractivity contribution < 1.29 is 0 Å². The zero-order valence-electron chi connectivity index (χ0n) is 19.8. The molecule has 0 radical (unpaired) electrons. The van der Waals surface area contributed by atoms with E-state index in [1.165, 1.54) is 31.4 Å². The number of nitrogens with zero attached hydrogens (tertiary/aromatic N) is 6. The van der Waals surface area contributed by atoms with E-state index < -0.39 is 0 Å². The molecule has 0 bridgehead atoms. The van der Waals surface area contributed by atoms with Crippen LogP contribution < -0.4 is 20.7 Å². The van der Waals surface area contributed by atoms with Crippen molar-refractivity contribution in [3.05, 3.63) is 40.8 Å². The van der Waals surface area contributed by atoms with Gasteiger partial charge in [-0.05, 0) is 74.1 Å². The Morgan fingerprint density at radius 2 is 1.77 bits per heavy atom. The van der Waals surface area contributed by atoms with Gasteiger partial charge in [0, 0.05) is 44.0 Å². The second-order valence-corrected chi connectivity index (χ2v) is 10.3. The minimum Gasteiger partial charge on any atom is -0.371 e. The number of rotatable bonds is 5. The third-order valence-corrected chi connectivity index (χ3v) is 8.06. The van der Waals surface area contributed by atoms with Crippen LogP contribution in [0.15, 0.2) is 35.3 Å². The molecule has 180 valence electrons. The fourth-order valence-electron chi connectivity index (χ4n) is 5.50. The van der Waals surface area contributed by atoms with E-state index in [4.69, 9.17) is 10.2 Å². The Labute approximate surface area is 204 Å². The summed E-state index contributed by atoms with van der Waals surface area (Å²) in [6.45, 7) is 3.83. The van der Waals surface area contributed by atoms with Gasteiger partial charge in [0.25, 0.3) is 5.56 Å². The topological polar surface area (TPSA) is 114 Å². The molecule has 0 atom stereocenters. The van der Waals surface area contributed by atoms with Gasteiger partial charge in [0.1, 0.15) is 16.7 Å². The summed E-state index contributed by atoms with van der Waals surface area (Å²) < 4.78 is 0. The van der Waals surface area contributed by atoms with Gasteiger partial charge in [0.2, 0.25) is 5.95 Å². The van der Waals surface area contributed by atoms with Crippen LogP contribution in [0, 0.1) is 22.7 Å². The van der Waals surface area contributed by atoms with Gasteiger partial charge in [0.15, 0.2) is 0 Å². The van der Waals surface area contributed by atoms with Gasteiger partial charge in [-0.25, -0.2) is 10.1 Å². The van der Waals surface area contributed by atoms with E-state index in [0.29, 0.717) is 40.4 Å². The highest BCUT2D eigenvalue weighted by Gasteiger charge is 2.44. The van der Waals surface area contributed by atoms with E-state index in [2.05, 4.69) is 48.5 Å². The number of fused-ring (bicyclic) bond motifs is 1. The number of aromatic nitrogens is 4. The zero-order chi connectivity index (χ0) is 23.8. The number of benzene rings is 1. The molecule has 0 unspecified atom stereocenters. The third-order valence-electron chi connectivity index (χ3n) is 8.06. The van der Waals surface area contributed by atoms with Crippen LogP contribution in [0.4, 0.5) is 23.1 Å². The first-order valence-corrected chi connectivity index (χ1v) is 12.6. The predicted molar refractivity (Wildman–Crippen MR) is 136 cm³/mol. The molecule has 2 saturated heterocycles. The number of hydrogen-bond acceptors (Lipinski definition) is 8. The van der Waals surface area contributed by atoms with Crippen LogP contribution in [0.5, 0.6) is 0 Å². The van der Waals surface area contributed by atoms with Crippen LogP contribution in [0.1, 0.15) is 44.9 Å². The van der Waals surface area contributed by atoms with E-state index in [9.17, 15) is 4.79 Å². The Bertz CT molecular complexity index is 1310. The molecule has 1 saturated carbocycles. The highest BCUT2D eigenvalue weighted by Crippen LogP contribution is 2.53. The van der Waals surface area contributed by atoms with Gasteiger partial charge >= 0.3 is 0 Å². The molecule has 1 spiro atoms. The number of aromatic amines is 1. The van der Waals surface area contributed by atoms with Crippen LogP contribution in [0.25, 0.3) is 10.9 Å². The van der Waals surface area contributed by atoms with Crippen molar-refractivity contribution in [3.63, 3.8) is 0 Å². The van der Waals surface area contributed by atoms with Crippen LogP contribution >= 0.6 is 0 Å². The monoisotopic (exact) mass is 470 g/mol. The molecule has 2 aliphatic heterocycles. The average Bonchev–Trinajstić information content (AvgIpc) is 3.64. The molecule has 2 aromatic heterocycles. The molecule has 3 aliphatic rings. The fraction of sp³-hybridized carbons (Fsp3) is 0.500. The molecule has 3 fully saturated rings. The van der Waals surface area contributed by atoms with E-state index in [-0.39, 0.29) is 5.56 Å². The van der Waals surface area contributed by atoms with Gasteiger partial charge < -0.3 is 15.1 Å². The van der Waals surface area contributed by atoms with Crippen molar-refractivity contribution >= 4 is 34.0 Å². The Morgan fingerprint density at radius 1 is 1.03 bits per heavy atom. The van der Waals surface area contributed by atoms with Crippen LogP contribution in [-0.4, -0.2) is 46.3 Å². The van der Waals surface area contributed by atoms with Crippen molar-refractivity contribution in [1.29, 1.82) is 5.26 Å². The van der Waals surface area contributed by atoms with Gasteiger partial charge in [-0.1, -0.05) is 0 Å². The molecule has 2 N–H and O–H groups in total. The molecular formula is C26H30N8O. The molecule has 9 nitrogen and oxygen atoms in total. The molecule has 1 aliphatic carbocycles. The lowest BCUT2D eigenvalue weighted by Gasteiger charge is -2.34. The molecule has 6 rings (SSSR count). The molecule has 3 aromatic rings. The summed E-state index contributed by atoms with van der Waals surface area (Å²) in [5.74, 6) is 1.49. The SMILES string of the molecule is N#CCC1CCN(c2nc(Nc3ccc(N4CCC5(CC4)CC5)cc3)c3c(=O)[nH]ncc3n2)CC1. The smallest absolute Gasteiger partial charge is 0.277 e. The Kier molecular flexibility index (Phi) is 5.51. The van der Waals surface area contributed by atoms with Gasteiger partial charge in [-0.2, -0.15) is 15.3 Å². The average molecular weight is 471 g/mol. The minimum atomic E-state index is -0.316. The number of nitrogens with one attached hydrogen (secondary N) is 2. The molecule has 35 heavy (non-hydrogen) atoms. The van der Waals surface area contributed by atoms with Crippen molar-refractivity contribution in [2.45, 2.75) is 44.9 Å². The summed E-state index contributed by atoms with van der Waals surface area (Å²) in [6.07, 6.45) is 9.44. The highest BCUT2D eigenvalue weighted by atomic mass is 16.1. The highest BCUT2D eigenvalue weighted by molar-refractivity contribution is 5.90. The summed E-state index contributed by atoms with van der Waals surface area (Å²) in [7, 11) is 0. The number of nitriles is 1. The predicted octanol–water partition coefficient (Wildman–Crippen LogP) is 3.97. The number of piperidine rings is 2. The van der Waals surface area contributed by atoms with Crippen LogP contribution in [-0.2, 0) is 0 Å². The summed E-state index contributed by atoms with van der Waals surface area (Å²) in [4.78, 5) is 26.6. The van der Waals surface area contributed by atoms with Crippen LogP contribution in [0.2, 0.25) is 0 Å². The van der Waals surface area contributed by atoms with E-state index in [1.54, 1.807) is 6.20 Å².